The molecule has 12 heteroatoms. The molecule has 1 rings (SSSR count). The lowest BCUT2D eigenvalue weighted by Gasteiger charge is -2.18. The third kappa shape index (κ3) is 28.6. The monoisotopic (exact) mass is 796 g/mol. The molecule has 0 radical (unpaired) electrons. The van der Waals surface area contributed by atoms with Gasteiger partial charge in [0.05, 0.1) is 18.8 Å². The summed E-state index contributed by atoms with van der Waals surface area (Å²) < 4.78 is 26.4. The van der Waals surface area contributed by atoms with Crippen molar-refractivity contribution in [3.05, 3.63) is 48.6 Å². The number of carbonyl (C=O) groups is 3. The van der Waals surface area contributed by atoms with Crippen molar-refractivity contribution >= 4 is 25.5 Å². The molecular weight excluding hydrogens is 723 g/mol. The van der Waals surface area contributed by atoms with Crippen molar-refractivity contribution in [2.24, 2.45) is 11.8 Å². The maximum absolute atomic E-state index is 12.5. The number of Topliss-reactive ketones (excluding diaryl/α,β-unsaturated/α-hetero) is 1. The maximum atomic E-state index is 12.5. The number of hydrogen-bond donors (Lipinski definition) is 4. The van der Waals surface area contributed by atoms with Gasteiger partial charge in [0.1, 0.15) is 12.4 Å². The molecule has 0 spiro atoms. The summed E-state index contributed by atoms with van der Waals surface area (Å²) >= 11 is 0. The number of phosphoric ester groups is 1. The molecule has 0 bridgehead atoms. The summed E-state index contributed by atoms with van der Waals surface area (Å²) in [4.78, 5) is 55.6. The maximum Gasteiger partial charge on any atom is 0.469 e. The van der Waals surface area contributed by atoms with Crippen LogP contribution in [0.15, 0.2) is 48.6 Å². The summed E-state index contributed by atoms with van der Waals surface area (Å²) in [6, 6.07) is 0. The number of aliphatic hydroxyl groups excluding tert-OH is 2. The van der Waals surface area contributed by atoms with Crippen molar-refractivity contribution in [1.82, 2.24) is 0 Å². The Balaban J connectivity index is 2.28. The van der Waals surface area contributed by atoms with Crippen LogP contribution in [0.2, 0.25) is 0 Å². The number of ether oxygens (including phenoxy) is 2. The van der Waals surface area contributed by atoms with E-state index < -0.39 is 44.7 Å². The number of allylic oxidation sites excluding steroid dienone is 6. The van der Waals surface area contributed by atoms with Crippen LogP contribution in [-0.4, -0.2) is 69.2 Å². The van der Waals surface area contributed by atoms with E-state index in [1.165, 1.54) is 19.3 Å². The van der Waals surface area contributed by atoms with Crippen LogP contribution >= 0.6 is 7.82 Å². The van der Waals surface area contributed by atoms with E-state index in [1.54, 1.807) is 12.2 Å². The lowest BCUT2D eigenvalue weighted by Crippen LogP contribution is -2.29. The van der Waals surface area contributed by atoms with Crippen molar-refractivity contribution in [3.63, 3.8) is 0 Å². The van der Waals surface area contributed by atoms with Crippen molar-refractivity contribution in [2.75, 3.05) is 13.2 Å². The molecule has 0 unspecified atom stereocenters. The molecule has 4 N–H and O–H groups in total. The van der Waals surface area contributed by atoms with E-state index in [2.05, 4.69) is 54.8 Å². The van der Waals surface area contributed by atoms with E-state index in [0.717, 1.165) is 83.5 Å². The third-order valence-corrected chi connectivity index (χ3v) is 10.2. The standard InChI is InChI=1S/C43H73O11P/c1-3-5-7-8-9-10-11-12-13-14-15-16-17-18-19-20-26-30-43(48)54-37(35-53-55(49,50)51)34-52-42(47)29-25-22-21-24-28-38-39(41(46)33-40(38)45)32-31-36(44)27-23-6-4-2/h9-10,12-13,15-16,31-32,36-39,41,44,46H,3-8,11,14,17-30,33-35H2,1-2H3,(H2,49,50,51)/b10-9-,13-12-,16-15-,32-31+/t36-,37+,38+,39+,41+/m0/s1. The number of ketones is 1. The van der Waals surface area contributed by atoms with Crippen molar-refractivity contribution in [1.29, 1.82) is 0 Å². The highest BCUT2D eigenvalue weighted by atomic mass is 31.2. The molecule has 1 fully saturated rings. The molecule has 11 nitrogen and oxygen atoms in total. The number of unbranched alkanes of at least 4 members (excludes halogenated alkanes) is 12. The fourth-order valence-corrected chi connectivity index (χ4v) is 6.87. The average Bonchev–Trinajstić information content (AvgIpc) is 3.41. The van der Waals surface area contributed by atoms with Crippen molar-refractivity contribution in [2.45, 2.75) is 180 Å². The van der Waals surface area contributed by atoms with Crippen LogP contribution < -0.4 is 0 Å². The highest BCUT2D eigenvalue weighted by Gasteiger charge is 2.39. The van der Waals surface area contributed by atoms with Crippen molar-refractivity contribution in [3.8, 4) is 0 Å². The smallest absolute Gasteiger partial charge is 0.462 e. The molecule has 55 heavy (non-hydrogen) atoms. The summed E-state index contributed by atoms with van der Waals surface area (Å²) in [6.45, 7) is 3.33. The summed E-state index contributed by atoms with van der Waals surface area (Å²) in [5.74, 6) is -1.61. The highest BCUT2D eigenvalue weighted by Crippen LogP contribution is 2.36. The minimum atomic E-state index is -4.82. The Morgan fingerprint density at radius 3 is 1.96 bits per heavy atom. The Morgan fingerprint density at radius 1 is 0.764 bits per heavy atom. The van der Waals surface area contributed by atoms with Gasteiger partial charge in [-0.2, -0.15) is 0 Å². The van der Waals surface area contributed by atoms with Gasteiger partial charge < -0.3 is 29.5 Å². The first-order valence-corrected chi connectivity index (χ1v) is 22.6. The topological polar surface area (TPSA) is 177 Å². The van der Waals surface area contributed by atoms with Crippen LogP contribution in [0.1, 0.15) is 162 Å². The number of aliphatic hydroxyl groups is 2. The minimum absolute atomic E-state index is 0.0406. The van der Waals surface area contributed by atoms with Crippen LogP contribution in [0, 0.1) is 11.8 Å². The molecule has 1 aliphatic carbocycles. The fraction of sp³-hybridized carbons (Fsp3) is 0.744. The van der Waals surface area contributed by atoms with Gasteiger partial charge in [-0.3, -0.25) is 18.9 Å². The zero-order chi connectivity index (χ0) is 40.6. The number of esters is 2. The van der Waals surface area contributed by atoms with Gasteiger partial charge in [-0.1, -0.05) is 127 Å². The lowest BCUT2D eigenvalue weighted by molar-refractivity contribution is -0.161. The Morgan fingerprint density at radius 2 is 1.33 bits per heavy atom. The molecule has 5 atom stereocenters. The molecule has 1 aliphatic rings. The van der Waals surface area contributed by atoms with Crippen LogP contribution in [0.25, 0.3) is 0 Å². The minimum Gasteiger partial charge on any atom is -0.462 e. The normalized spacial score (nSPS) is 19.0. The Bertz CT molecular complexity index is 1190. The highest BCUT2D eigenvalue weighted by molar-refractivity contribution is 7.46. The molecule has 0 aromatic carbocycles. The van der Waals surface area contributed by atoms with Gasteiger partial charge in [-0.25, -0.2) is 4.57 Å². The first-order chi connectivity index (χ1) is 26.5. The predicted octanol–water partition coefficient (Wildman–Crippen LogP) is 9.32. The largest absolute Gasteiger partial charge is 0.469 e. The molecule has 0 heterocycles. The van der Waals surface area contributed by atoms with Gasteiger partial charge in [-0.05, 0) is 64.2 Å². The molecule has 316 valence electrons. The number of rotatable bonds is 34. The third-order valence-electron chi connectivity index (χ3n) is 9.72. The molecule has 1 saturated carbocycles. The molecule has 0 aromatic heterocycles. The molecular formula is C43H73O11P. The fourth-order valence-electron chi connectivity index (χ4n) is 6.51. The Labute approximate surface area is 331 Å². The van der Waals surface area contributed by atoms with E-state index in [1.807, 2.05) is 0 Å². The SMILES string of the molecule is CCCCC/C=C\C/C=C\C/C=C\CCCCCCC(=O)O[C@H](COC(=O)CCCCCC[C@H]1C(=O)C[C@@H](O)[C@@H]1/C=C/[C@@H](O)CCCCC)COP(=O)(O)O. The zero-order valence-electron chi connectivity index (χ0n) is 33.8. The summed E-state index contributed by atoms with van der Waals surface area (Å²) in [5.41, 5.74) is 0. The summed E-state index contributed by atoms with van der Waals surface area (Å²) in [7, 11) is -4.82. The first-order valence-electron chi connectivity index (χ1n) is 21.0. The van der Waals surface area contributed by atoms with E-state index in [0.29, 0.717) is 25.7 Å². The molecule has 0 amide bonds. The Hall–Kier alpha value is -2.40. The number of hydrogen-bond acceptors (Lipinski definition) is 9. The first kappa shape index (κ1) is 50.6. The molecule has 0 aromatic rings. The summed E-state index contributed by atoms with van der Waals surface area (Å²) in [6.07, 6.45) is 33.0. The zero-order valence-corrected chi connectivity index (χ0v) is 34.7. The predicted molar refractivity (Wildman–Crippen MR) is 217 cm³/mol. The van der Waals surface area contributed by atoms with E-state index in [-0.39, 0.29) is 43.5 Å². The molecule has 0 saturated heterocycles. The second-order valence-electron chi connectivity index (χ2n) is 14.7. The second-order valence-corrected chi connectivity index (χ2v) is 16.0. The quantitative estimate of drug-likeness (QED) is 0.0211. The molecule has 0 aliphatic heterocycles. The lowest BCUT2D eigenvalue weighted by atomic mass is 9.88. The van der Waals surface area contributed by atoms with Gasteiger partial charge >= 0.3 is 19.8 Å². The Kier molecular flexibility index (Phi) is 30.1. The van der Waals surface area contributed by atoms with Crippen LogP contribution in [-0.2, 0) is 32.9 Å². The number of carbonyl (C=O) groups excluding carboxylic acids is 3. The number of phosphoric acid groups is 1. The van der Waals surface area contributed by atoms with Gasteiger partial charge in [0.15, 0.2) is 6.10 Å². The van der Waals surface area contributed by atoms with Gasteiger partial charge in [-0.15, -0.1) is 0 Å². The van der Waals surface area contributed by atoms with E-state index in [4.69, 9.17) is 19.3 Å². The van der Waals surface area contributed by atoms with Crippen LogP contribution in [0.4, 0.5) is 0 Å². The second kappa shape index (κ2) is 32.7. The van der Waals surface area contributed by atoms with E-state index >= 15 is 0 Å². The average molecular weight is 797 g/mol. The van der Waals surface area contributed by atoms with Crippen LogP contribution in [0.3, 0.4) is 0 Å². The van der Waals surface area contributed by atoms with Crippen molar-refractivity contribution < 1.29 is 52.9 Å². The van der Waals surface area contributed by atoms with Gasteiger partial charge in [0.2, 0.25) is 0 Å². The van der Waals surface area contributed by atoms with E-state index in [9.17, 15) is 29.2 Å². The summed E-state index contributed by atoms with van der Waals surface area (Å²) in [5, 5.41) is 20.6. The van der Waals surface area contributed by atoms with Gasteiger partial charge in [0, 0.05) is 31.1 Å². The van der Waals surface area contributed by atoms with Crippen LogP contribution in [0.5, 0.6) is 0 Å². The van der Waals surface area contributed by atoms with Gasteiger partial charge in [0.25, 0.3) is 0 Å².